The summed E-state index contributed by atoms with van der Waals surface area (Å²) in [5.41, 5.74) is 0.311. The molecule has 0 spiro atoms. The number of hydrogen-bond acceptors (Lipinski definition) is 9. The van der Waals surface area contributed by atoms with Crippen LogP contribution in [0.5, 0.6) is 11.5 Å². The second-order valence-electron chi connectivity index (χ2n) is 11.4. The monoisotopic (exact) mass is 862 g/mol. The van der Waals surface area contributed by atoms with Crippen LogP contribution in [0.3, 0.4) is 0 Å². The number of nitrogens with one attached hydrogen (secondary N) is 4. The van der Waals surface area contributed by atoms with E-state index in [1.807, 2.05) is 0 Å². The van der Waals surface area contributed by atoms with Crippen molar-refractivity contribution in [2.75, 3.05) is 38.1 Å². The van der Waals surface area contributed by atoms with Crippen molar-refractivity contribution in [3.8, 4) is 11.5 Å². The number of amides is 3. The lowest BCUT2D eigenvalue weighted by atomic mass is 9.96. The maximum atomic E-state index is 14.4. The summed E-state index contributed by atoms with van der Waals surface area (Å²) in [6.45, 7) is 0.470. The fourth-order valence-corrected chi connectivity index (χ4v) is 5.89. The summed E-state index contributed by atoms with van der Waals surface area (Å²) >= 11 is 21.7. The number of fused-ring (bicyclic) bond motifs is 2. The van der Waals surface area contributed by atoms with Gasteiger partial charge in [0.25, 0.3) is 11.8 Å². The van der Waals surface area contributed by atoms with E-state index >= 15 is 0 Å². The van der Waals surface area contributed by atoms with Crippen molar-refractivity contribution in [3.05, 3.63) is 116 Å². The highest BCUT2D eigenvalue weighted by atomic mass is 35.5. The molecule has 20 heteroatoms. The molecule has 4 aromatic carbocycles. The van der Waals surface area contributed by atoms with E-state index in [1.54, 1.807) is 0 Å². The summed E-state index contributed by atoms with van der Waals surface area (Å²) < 4.78 is 74.3. The van der Waals surface area contributed by atoms with Crippen LogP contribution in [0.2, 0.25) is 10.0 Å². The van der Waals surface area contributed by atoms with Gasteiger partial charge in [0.05, 0.1) is 66.3 Å². The van der Waals surface area contributed by atoms with Crippen molar-refractivity contribution < 1.29 is 55.7 Å². The van der Waals surface area contributed by atoms with E-state index in [9.17, 15) is 36.7 Å². The summed E-state index contributed by atoms with van der Waals surface area (Å²) in [5.74, 6) is -3.27. The predicted octanol–water partition coefficient (Wildman–Crippen LogP) is 9.48. The lowest BCUT2D eigenvalue weighted by Gasteiger charge is -2.28. The Morgan fingerprint density at radius 2 is 1.07 bits per heavy atom. The van der Waals surface area contributed by atoms with Crippen LogP contribution < -0.4 is 30.3 Å². The predicted molar refractivity (Wildman–Crippen MR) is 200 cm³/mol. The van der Waals surface area contributed by atoms with E-state index in [0.29, 0.717) is 25.1 Å². The van der Waals surface area contributed by atoms with Crippen molar-refractivity contribution in [1.82, 2.24) is 10.2 Å². The Balaban J connectivity index is 0.000000223. The normalized spacial score (nSPS) is 15.0. The molecular formula is C36H30Cl4F4N4O8. The summed E-state index contributed by atoms with van der Waals surface area (Å²) in [6, 6.07) is 11.3. The van der Waals surface area contributed by atoms with Gasteiger partial charge in [-0.25, -0.2) is 32.0 Å². The van der Waals surface area contributed by atoms with Crippen LogP contribution in [0.15, 0.2) is 60.7 Å². The Morgan fingerprint density at radius 3 is 1.46 bits per heavy atom. The summed E-state index contributed by atoms with van der Waals surface area (Å²) in [5, 5.41) is 7.40. The summed E-state index contributed by atoms with van der Waals surface area (Å²) in [7, 11) is 2.42. The first-order valence-electron chi connectivity index (χ1n) is 16.1. The van der Waals surface area contributed by atoms with Gasteiger partial charge in [0, 0.05) is 41.4 Å². The lowest BCUT2D eigenvalue weighted by molar-refractivity contribution is 0.101. The molecule has 2 aliphatic heterocycles. The number of benzene rings is 4. The SMILES string of the molecule is COC(=O)Cl.COC(=O)N[C@H]1CCOc2c(C(=O)Nc3ccc(F)c(Cl)c3)ccc(F)c21.O=C(Nc1ccc(F)c(Cl)c1)c1ccc(F)c2c1OCC[C@@H]2NCl. The molecule has 0 unspecified atom stereocenters. The molecule has 12 nitrogen and oxygen atoms in total. The highest BCUT2D eigenvalue weighted by Gasteiger charge is 2.31. The van der Waals surface area contributed by atoms with Crippen LogP contribution in [-0.2, 0) is 9.47 Å². The Hall–Kier alpha value is -5.00. The number of alkyl carbamates (subject to hydrolysis) is 1. The van der Waals surface area contributed by atoms with Gasteiger partial charge in [-0.15, -0.1) is 0 Å². The molecular weight excluding hydrogens is 834 g/mol. The zero-order valence-electron chi connectivity index (χ0n) is 29.0. The van der Waals surface area contributed by atoms with Crippen molar-refractivity contribution in [2.24, 2.45) is 0 Å². The van der Waals surface area contributed by atoms with Gasteiger partial charge in [0.2, 0.25) is 0 Å². The zero-order chi connectivity index (χ0) is 41.1. The first kappa shape index (κ1) is 43.7. The van der Waals surface area contributed by atoms with E-state index in [0.717, 1.165) is 18.2 Å². The number of carbonyl (C=O) groups excluding carboxylic acids is 4. The number of ether oxygens (including phenoxy) is 4. The molecule has 4 N–H and O–H groups in total. The van der Waals surface area contributed by atoms with Crippen LogP contribution in [0, 0.1) is 23.3 Å². The highest BCUT2D eigenvalue weighted by molar-refractivity contribution is 6.61. The van der Waals surface area contributed by atoms with Crippen LogP contribution >= 0.6 is 46.6 Å². The van der Waals surface area contributed by atoms with Gasteiger partial charge in [0.15, 0.2) is 0 Å². The molecule has 56 heavy (non-hydrogen) atoms. The minimum absolute atomic E-state index is 0.0355. The number of methoxy groups -OCH3 is 2. The maximum absolute atomic E-state index is 14.4. The first-order valence-corrected chi connectivity index (χ1v) is 17.6. The van der Waals surface area contributed by atoms with Gasteiger partial charge >= 0.3 is 11.5 Å². The molecule has 6 rings (SSSR count). The average Bonchev–Trinajstić information content (AvgIpc) is 3.18. The number of hydrogen-bond donors (Lipinski definition) is 4. The smallest absolute Gasteiger partial charge is 0.407 e. The molecule has 0 radical (unpaired) electrons. The van der Waals surface area contributed by atoms with Crippen LogP contribution in [0.25, 0.3) is 0 Å². The van der Waals surface area contributed by atoms with Gasteiger partial charge in [-0.05, 0) is 72.4 Å². The minimum atomic E-state index is -0.773. The third-order valence-corrected chi connectivity index (χ3v) is 8.90. The van der Waals surface area contributed by atoms with Crippen molar-refractivity contribution in [3.63, 3.8) is 0 Å². The molecule has 0 fully saturated rings. The van der Waals surface area contributed by atoms with E-state index in [4.69, 9.17) is 44.5 Å². The molecule has 4 aromatic rings. The largest absolute Gasteiger partial charge is 0.492 e. The number of halogens is 8. The molecule has 2 aliphatic rings. The van der Waals surface area contributed by atoms with Crippen molar-refractivity contribution in [1.29, 1.82) is 0 Å². The highest BCUT2D eigenvalue weighted by Crippen LogP contribution is 2.39. The molecule has 0 aliphatic carbocycles. The van der Waals surface area contributed by atoms with Gasteiger partial charge in [0.1, 0.15) is 34.8 Å². The van der Waals surface area contributed by atoms with Crippen molar-refractivity contribution in [2.45, 2.75) is 24.9 Å². The molecule has 0 bridgehead atoms. The van der Waals surface area contributed by atoms with Gasteiger partial charge in [-0.1, -0.05) is 23.2 Å². The Morgan fingerprint density at radius 1 is 0.661 bits per heavy atom. The third kappa shape index (κ3) is 11.1. The van der Waals surface area contributed by atoms with Crippen LogP contribution in [-0.4, -0.2) is 50.8 Å². The van der Waals surface area contributed by atoms with Crippen LogP contribution in [0.4, 0.5) is 38.5 Å². The topological polar surface area (TPSA) is 153 Å². The Labute approximate surface area is 336 Å². The Kier molecular flexibility index (Phi) is 15.8. The second-order valence-corrected chi connectivity index (χ2v) is 12.7. The molecule has 0 aromatic heterocycles. The van der Waals surface area contributed by atoms with Gasteiger partial charge in [-0.3, -0.25) is 9.59 Å². The lowest BCUT2D eigenvalue weighted by Crippen LogP contribution is -2.33. The number of rotatable bonds is 6. The maximum Gasteiger partial charge on any atom is 0.407 e. The first-order chi connectivity index (χ1) is 26.7. The number of anilines is 2. The van der Waals surface area contributed by atoms with Gasteiger partial charge < -0.3 is 34.9 Å². The average molecular weight is 864 g/mol. The standard InChI is InChI=1S/C18H15ClF2N2O4.C16H12Cl2F2N2O2.C2H3ClO2/c1-26-18(25)23-14-6-7-27-16-10(3-5-13(21)15(14)16)17(24)22-9-2-4-12(20)11(19)8-9;17-10-7-8(1-3-11(10)19)21-16(23)9-2-4-12(20)14-13(22-18)5-6-24-15(9)14;1-5-2(3)4/h2-5,8,14H,6-7H2,1H3,(H,22,24)(H,23,25);1-4,7,13,22H,5-6H2,(H,21,23);1H3/t14-;13-;/m00./s1. The fraction of sp³-hybridized carbons (Fsp3) is 0.222. The van der Waals surface area contributed by atoms with Crippen LogP contribution in [0.1, 0.15) is 56.8 Å². The molecule has 0 saturated heterocycles. The fourth-order valence-electron chi connectivity index (χ4n) is 5.31. The molecule has 298 valence electrons. The third-order valence-electron chi connectivity index (χ3n) is 7.90. The molecule has 2 atom stereocenters. The van der Waals surface area contributed by atoms with E-state index < -0.39 is 58.7 Å². The zero-order valence-corrected chi connectivity index (χ0v) is 32.1. The second kappa shape index (κ2) is 20.2. The molecule has 3 amide bonds. The summed E-state index contributed by atoms with van der Waals surface area (Å²) in [6.07, 6.45) is 0.0760. The van der Waals surface area contributed by atoms with E-state index in [2.05, 4.69) is 41.9 Å². The molecule has 2 heterocycles. The van der Waals surface area contributed by atoms with E-state index in [1.165, 1.54) is 56.7 Å². The molecule has 0 saturated carbocycles. The quantitative estimate of drug-likeness (QED) is 0.0844. The summed E-state index contributed by atoms with van der Waals surface area (Å²) in [4.78, 5) is 48.5. The van der Waals surface area contributed by atoms with Gasteiger partial charge in [-0.2, -0.15) is 0 Å². The minimum Gasteiger partial charge on any atom is -0.492 e. The Bertz CT molecular complexity index is 2120. The van der Waals surface area contributed by atoms with E-state index in [-0.39, 0.29) is 56.1 Å². The number of carbonyl (C=O) groups is 4. The van der Waals surface area contributed by atoms with Crippen molar-refractivity contribution >= 4 is 81.3 Å².